The maximum Gasteiger partial charge on any atom is 0.494 e. The molecule has 0 bridgehead atoms. The molecule has 26 heavy (non-hydrogen) atoms. The van der Waals surface area contributed by atoms with E-state index in [2.05, 4.69) is 39.8 Å². The highest BCUT2D eigenvalue weighted by molar-refractivity contribution is 6.62. The summed E-state index contributed by atoms with van der Waals surface area (Å²) in [6, 6.07) is 16.1. The second kappa shape index (κ2) is 7.43. The first kappa shape index (κ1) is 19.0. The molecule has 1 heterocycles. The lowest BCUT2D eigenvalue weighted by molar-refractivity contribution is 0.00578. The summed E-state index contributed by atoms with van der Waals surface area (Å²) in [6.45, 7) is 9.31. The van der Waals surface area contributed by atoms with E-state index in [1.807, 2.05) is 36.4 Å². The van der Waals surface area contributed by atoms with Crippen LogP contribution in [0.2, 0.25) is 0 Å². The van der Waals surface area contributed by atoms with Gasteiger partial charge in [0.05, 0.1) is 31.5 Å². The van der Waals surface area contributed by atoms with Crippen molar-refractivity contribution in [2.45, 2.75) is 52.1 Å². The fourth-order valence-corrected chi connectivity index (χ4v) is 2.85. The first-order chi connectivity index (χ1) is 12.3. The molecule has 1 aliphatic rings. The van der Waals surface area contributed by atoms with E-state index in [0.717, 1.165) is 22.3 Å². The first-order valence-electron chi connectivity index (χ1n) is 8.96. The second-order valence-electron chi connectivity index (χ2n) is 7.63. The fourth-order valence-electron chi connectivity index (χ4n) is 2.85. The maximum atomic E-state index is 6.09. The van der Waals surface area contributed by atoms with Gasteiger partial charge < -0.3 is 18.8 Å². The Bertz CT molecular complexity index is 724. The summed E-state index contributed by atoms with van der Waals surface area (Å²) in [6.07, 6.45) is 0. The Kier molecular flexibility index (Phi) is 5.42. The van der Waals surface area contributed by atoms with Crippen molar-refractivity contribution in [1.29, 1.82) is 0 Å². The van der Waals surface area contributed by atoms with Gasteiger partial charge in [0, 0.05) is 5.56 Å². The van der Waals surface area contributed by atoms with E-state index in [1.54, 1.807) is 7.11 Å². The van der Waals surface area contributed by atoms with Crippen molar-refractivity contribution in [3.8, 4) is 5.75 Å². The molecule has 0 radical (unpaired) electrons. The Morgan fingerprint density at radius 3 is 2.08 bits per heavy atom. The molecule has 0 atom stereocenters. The molecule has 138 valence electrons. The van der Waals surface area contributed by atoms with Crippen LogP contribution in [0.4, 0.5) is 0 Å². The molecule has 0 aromatic heterocycles. The number of benzene rings is 2. The molecular formula is C21H27BO4. The van der Waals surface area contributed by atoms with E-state index in [1.165, 1.54) is 0 Å². The van der Waals surface area contributed by atoms with E-state index < -0.39 is 0 Å². The Labute approximate surface area is 156 Å². The van der Waals surface area contributed by atoms with Gasteiger partial charge in [-0.2, -0.15) is 0 Å². The summed E-state index contributed by atoms with van der Waals surface area (Å²) in [5.74, 6) is 0.851. The summed E-state index contributed by atoms with van der Waals surface area (Å²) in [5.41, 5.74) is 2.53. The minimum absolute atomic E-state index is 0.325. The summed E-state index contributed by atoms with van der Waals surface area (Å²) < 4.78 is 23.4. The minimum Gasteiger partial charge on any atom is -0.496 e. The third-order valence-corrected chi connectivity index (χ3v) is 5.22. The van der Waals surface area contributed by atoms with E-state index >= 15 is 0 Å². The van der Waals surface area contributed by atoms with Crippen LogP contribution in [0.1, 0.15) is 38.8 Å². The van der Waals surface area contributed by atoms with Gasteiger partial charge in [-0.3, -0.25) is 0 Å². The zero-order valence-electron chi connectivity index (χ0n) is 16.2. The molecular weight excluding hydrogens is 327 g/mol. The SMILES string of the molecule is COc1ccccc1COCc1ccc(B2OC(C)(C)C(C)(C)O2)cc1. The van der Waals surface area contributed by atoms with Crippen LogP contribution < -0.4 is 10.2 Å². The van der Waals surface area contributed by atoms with Crippen molar-refractivity contribution in [3.63, 3.8) is 0 Å². The molecule has 4 nitrogen and oxygen atoms in total. The van der Waals surface area contributed by atoms with Gasteiger partial charge in [-0.05, 0) is 44.8 Å². The molecule has 0 spiro atoms. The Morgan fingerprint density at radius 2 is 1.46 bits per heavy atom. The lowest BCUT2D eigenvalue weighted by Gasteiger charge is -2.32. The van der Waals surface area contributed by atoms with Crippen LogP contribution in [-0.2, 0) is 27.3 Å². The number of hydrogen-bond acceptors (Lipinski definition) is 4. The highest BCUT2D eigenvalue weighted by Crippen LogP contribution is 2.36. The van der Waals surface area contributed by atoms with E-state index in [0.29, 0.717) is 13.2 Å². The summed E-state index contributed by atoms with van der Waals surface area (Å²) in [4.78, 5) is 0. The van der Waals surface area contributed by atoms with Gasteiger partial charge in [-0.15, -0.1) is 0 Å². The van der Waals surface area contributed by atoms with Crippen molar-refractivity contribution < 1.29 is 18.8 Å². The van der Waals surface area contributed by atoms with Crippen LogP contribution in [0.15, 0.2) is 48.5 Å². The molecule has 0 aliphatic carbocycles. The largest absolute Gasteiger partial charge is 0.496 e. The van der Waals surface area contributed by atoms with E-state index in [-0.39, 0.29) is 18.3 Å². The molecule has 0 amide bonds. The predicted octanol–water partition coefficient (Wildman–Crippen LogP) is 3.71. The van der Waals surface area contributed by atoms with Crippen molar-refractivity contribution >= 4 is 12.6 Å². The number of hydrogen-bond donors (Lipinski definition) is 0. The summed E-state index contributed by atoms with van der Waals surface area (Å²) in [7, 11) is 1.34. The molecule has 1 saturated heterocycles. The van der Waals surface area contributed by atoms with Crippen molar-refractivity contribution in [3.05, 3.63) is 59.7 Å². The molecule has 2 aromatic rings. The third-order valence-electron chi connectivity index (χ3n) is 5.22. The molecule has 2 aromatic carbocycles. The van der Waals surface area contributed by atoms with Crippen LogP contribution >= 0.6 is 0 Å². The minimum atomic E-state index is -0.330. The molecule has 5 heteroatoms. The van der Waals surface area contributed by atoms with Gasteiger partial charge in [-0.25, -0.2) is 0 Å². The third kappa shape index (κ3) is 3.95. The van der Waals surface area contributed by atoms with Gasteiger partial charge in [0.25, 0.3) is 0 Å². The van der Waals surface area contributed by atoms with Crippen LogP contribution in [-0.4, -0.2) is 25.4 Å². The molecule has 1 aliphatic heterocycles. The summed E-state index contributed by atoms with van der Waals surface area (Å²) >= 11 is 0. The highest BCUT2D eigenvalue weighted by atomic mass is 16.7. The first-order valence-corrected chi connectivity index (χ1v) is 8.96. The zero-order valence-corrected chi connectivity index (χ0v) is 16.2. The van der Waals surface area contributed by atoms with E-state index in [9.17, 15) is 0 Å². The van der Waals surface area contributed by atoms with Crippen LogP contribution in [0.25, 0.3) is 0 Å². The average Bonchev–Trinajstić information content (AvgIpc) is 2.83. The van der Waals surface area contributed by atoms with Gasteiger partial charge in [0.2, 0.25) is 0 Å². The van der Waals surface area contributed by atoms with Crippen LogP contribution in [0.3, 0.4) is 0 Å². The molecule has 0 unspecified atom stereocenters. The summed E-state index contributed by atoms with van der Waals surface area (Å²) in [5, 5.41) is 0. The van der Waals surface area contributed by atoms with Crippen molar-refractivity contribution in [2.24, 2.45) is 0 Å². The molecule has 0 N–H and O–H groups in total. The average molecular weight is 354 g/mol. The number of rotatable bonds is 6. The van der Waals surface area contributed by atoms with Crippen molar-refractivity contribution in [1.82, 2.24) is 0 Å². The van der Waals surface area contributed by atoms with Crippen molar-refractivity contribution in [2.75, 3.05) is 7.11 Å². The van der Waals surface area contributed by atoms with Crippen LogP contribution in [0.5, 0.6) is 5.75 Å². The zero-order chi connectivity index (χ0) is 18.8. The number of ether oxygens (including phenoxy) is 2. The quantitative estimate of drug-likeness (QED) is 0.741. The van der Waals surface area contributed by atoms with Gasteiger partial charge in [-0.1, -0.05) is 42.5 Å². The molecule has 3 rings (SSSR count). The topological polar surface area (TPSA) is 36.9 Å². The Morgan fingerprint density at radius 1 is 0.846 bits per heavy atom. The highest BCUT2D eigenvalue weighted by Gasteiger charge is 2.51. The molecule has 0 saturated carbocycles. The van der Waals surface area contributed by atoms with Gasteiger partial charge in [0.15, 0.2) is 0 Å². The normalized spacial score (nSPS) is 18.1. The predicted molar refractivity (Wildman–Crippen MR) is 104 cm³/mol. The lowest BCUT2D eigenvalue weighted by Crippen LogP contribution is -2.41. The number of methoxy groups -OCH3 is 1. The number of para-hydroxylation sites is 1. The monoisotopic (exact) mass is 354 g/mol. The fraction of sp³-hybridized carbons (Fsp3) is 0.429. The smallest absolute Gasteiger partial charge is 0.494 e. The van der Waals surface area contributed by atoms with E-state index in [4.69, 9.17) is 18.8 Å². The van der Waals surface area contributed by atoms with Gasteiger partial charge >= 0.3 is 7.12 Å². The standard InChI is InChI=1S/C21H27BO4/c1-20(2)21(3,4)26-22(25-20)18-12-10-16(11-13-18)14-24-15-17-8-6-7-9-19(17)23-5/h6-13H,14-15H2,1-5H3. The lowest BCUT2D eigenvalue weighted by atomic mass is 9.79. The van der Waals surface area contributed by atoms with Crippen LogP contribution in [0, 0.1) is 0 Å². The maximum absolute atomic E-state index is 6.09. The van der Waals surface area contributed by atoms with Gasteiger partial charge in [0.1, 0.15) is 5.75 Å². The Balaban J connectivity index is 1.57. The second-order valence-corrected chi connectivity index (χ2v) is 7.63. The molecule has 1 fully saturated rings. The Hall–Kier alpha value is -1.82.